The Morgan fingerprint density at radius 2 is 1.14 bits per heavy atom. The van der Waals surface area contributed by atoms with Gasteiger partial charge < -0.3 is 100 Å². The number of nitrogens with two attached hydrogens (primary N) is 1. The number of carbonyl (C=O) groups excluding carboxylic acids is 2. The lowest BCUT2D eigenvalue weighted by Crippen LogP contribution is -2.70. The largest absolute Gasteiger partial charge is 0.477 e. The summed E-state index contributed by atoms with van der Waals surface area (Å²) in [5.74, 6) is -5.77. The topological polar surface area (TPSA) is 376 Å². The van der Waals surface area contributed by atoms with Crippen LogP contribution in [0, 0.1) is 0 Å². The Labute approximate surface area is 499 Å². The Morgan fingerprint density at radius 1 is 0.631 bits per heavy atom. The van der Waals surface area contributed by atoms with Gasteiger partial charge in [0.15, 0.2) is 12.6 Å². The molecule has 18 atom stereocenters. The maximum atomic E-state index is 13.7. The fraction of sp³-hybridized carbons (Fsp3) is 0.918. The van der Waals surface area contributed by atoms with Crippen molar-refractivity contribution in [1.82, 2.24) is 5.32 Å². The number of rotatable bonds is 47. The van der Waals surface area contributed by atoms with Gasteiger partial charge in [-0.05, 0) is 31.8 Å². The van der Waals surface area contributed by atoms with E-state index in [4.69, 9.17) is 38.9 Å². The minimum absolute atomic E-state index is 0.108. The van der Waals surface area contributed by atoms with Crippen molar-refractivity contribution in [2.45, 2.75) is 330 Å². The number of allylic oxidation sites excluding steroid dienone is 1. The molecule has 0 radical (unpaired) electrons. The van der Waals surface area contributed by atoms with E-state index in [9.17, 15) is 70.6 Å². The quantitative estimate of drug-likeness (QED) is 0.0229. The van der Waals surface area contributed by atoms with Crippen LogP contribution in [0.2, 0.25) is 0 Å². The van der Waals surface area contributed by atoms with Crippen LogP contribution in [0.1, 0.15) is 220 Å². The Morgan fingerprint density at radius 3 is 1.64 bits per heavy atom. The van der Waals surface area contributed by atoms with Crippen molar-refractivity contribution in [3.63, 3.8) is 0 Å². The molecule has 0 spiro atoms. The molecule has 1 amide bonds. The van der Waals surface area contributed by atoms with E-state index < -0.39 is 155 Å². The molecule has 4 unspecified atom stereocenters. The summed E-state index contributed by atoms with van der Waals surface area (Å²) in [6, 6.07) is -2.54. The summed E-state index contributed by atoms with van der Waals surface area (Å²) in [7, 11) is 0. The minimum Gasteiger partial charge on any atom is -0.477 e. The molecule has 0 aromatic heterocycles. The average molecular weight is 1210 g/mol. The normalized spacial score (nSPS) is 29.8. The van der Waals surface area contributed by atoms with Gasteiger partial charge in [-0.3, -0.25) is 9.59 Å². The number of amides is 1. The van der Waals surface area contributed by atoms with Crippen LogP contribution < -0.4 is 11.1 Å². The van der Waals surface area contributed by atoms with Crippen LogP contribution in [0.3, 0.4) is 0 Å². The van der Waals surface area contributed by atoms with Gasteiger partial charge in [0.1, 0.15) is 73.2 Å². The van der Waals surface area contributed by atoms with Gasteiger partial charge in [0.05, 0.1) is 44.6 Å². The molecule has 3 saturated heterocycles. The first-order valence-electron chi connectivity index (χ1n) is 32.1. The number of hydrogen-bond acceptors (Lipinski definition) is 21. The number of carboxylic acid groups (broad SMARTS) is 1. The second kappa shape index (κ2) is 43.2. The number of hydrogen-bond donors (Lipinski definition) is 13. The van der Waals surface area contributed by atoms with E-state index >= 15 is 0 Å². The van der Waals surface area contributed by atoms with Crippen molar-refractivity contribution in [3.8, 4) is 0 Å². The lowest BCUT2D eigenvalue weighted by atomic mass is 9.88. The minimum atomic E-state index is -3.01. The first-order chi connectivity index (χ1) is 40.4. The van der Waals surface area contributed by atoms with Crippen molar-refractivity contribution in [2.24, 2.45) is 5.73 Å². The molecule has 23 heteroatoms. The third-order valence-electron chi connectivity index (χ3n) is 16.3. The summed E-state index contributed by atoms with van der Waals surface area (Å²) in [6.07, 6.45) is 6.88. The zero-order valence-corrected chi connectivity index (χ0v) is 50.8. The number of aliphatic carboxylic acids is 1. The number of unbranched alkanes of at least 4 members (excludes halogenated alkanes) is 25. The van der Waals surface area contributed by atoms with E-state index in [1.165, 1.54) is 109 Å². The predicted molar refractivity (Wildman–Crippen MR) is 311 cm³/mol. The summed E-state index contributed by atoms with van der Waals surface area (Å²) in [5, 5.41) is 121. The highest BCUT2D eigenvalue weighted by atomic mass is 16.8. The van der Waals surface area contributed by atoms with Crippen LogP contribution in [-0.4, -0.2) is 210 Å². The summed E-state index contributed by atoms with van der Waals surface area (Å²) in [6.45, 7) is 2.96. The van der Waals surface area contributed by atoms with E-state index in [0.29, 0.717) is 19.3 Å². The molecular weight excluding hydrogens is 1100 g/mol. The van der Waals surface area contributed by atoms with Crippen molar-refractivity contribution < 1.29 is 104 Å². The van der Waals surface area contributed by atoms with Crippen LogP contribution in [0.4, 0.5) is 0 Å². The maximum Gasteiger partial charge on any atom is 0.364 e. The Balaban J connectivity index is 1.74. The van der Waals surface area contributed by atoms with Gasteiger partial charge in [-0.2, -0.15) is 0 Å². The summed E-state index contributed by atoms with van der Waals surface area (Å²) < 4.78 is 40.8. The number of aliphatic hydroxyl groups is 10. The molecule has 0 saturated carbocycles. The van der Waals surface area contributed by atoms with Gasteiger partial charge in [-0.15, -0.1) is 0 Å². The molecule has 0 aliphatic carbocycles. The highest BCUT2D eigenvalue weighted by Gasteiger charge is 2.59. The molecule has 492 valence electrons. The van der Waals surface area contributed by atoms with Crippen LogP contribution in [0.15, 0.2) is 12.2 Å². The monoisotopic (exact) mass is 1210 g/mol. The van der Waals surface area contributed by atoms with E-state index in [2.05, 4.69) is 19.2 Å². The highest BCUT2D eigenvalue weighted by Crippen LogP contribution is 2.38. The molecule has 23 nitrogen and oxygen atoms in total. The predicted octanol–water partition coefficient (Wildman–Crippen LogP) is 4.34. The SMILES string of the molecule is CCCCCCCCCCCCC/C=C/C(OC(=O)CCC)C(CO[C@@H]1O[C@H](CO)[C@@H](O[C@@H]2O[C@H](CO)[C@H](O)[C@H](O[C@]3(C(=O)O)C[C@@H](O)[C@H](N)[C@@H](C(O)C(O)CO)O3)[C@H]2O)[C@H](O)[C@H]1O)NC(=O)CCCCCCCCCCCCCCCCC. The fourth-order valence-corrected chi connectivity index (χ4v) is 11.1. The maximum absolute atomic E-state index is 13.7. The number of carbonyl (C=O) groups is 3. The standard InChI is InChI=1S/C61H112N2O21/c1-4-7-9-11-13-15-17-19-20-22-24-26-28-30-32-35-47(69)63-41(44(79-48(70)33-6-3)34-31-29-27-25-23-21-18-16-14-12-10-8-5-2)40-78-58-53(74)52(73)55(46(39-66)81-58)82-59-54(75)57(51(72)45(38-65)80-59)84-61(60(76)77)36-42(67)49(62)56(83-61)50(71)43(68)37-64/h31,34,41-46,49-59,64-68,71-75H,4-30,32-33,35-40,62H2,1-3H3,(H,63,69)(H,76,77)/b34-31+/t41?,42-,43?,44?,45-,46-,49+,50?,51+,52-,53-,54-,55-,56+,57+,58-,59+,61+/m1/s1. The number of carboxylic acids is 1. The third kappa shape index (κ3) is 26.3. The molecular formula is C61H112N2O21. The van der Waals surface area contributed by atoms with Crippen LogP contribution in [-0.2, 0) is 47.5 Å². The van der Waals surface area contributed by atoms with E-state index in [-0.39, 0.29) is 18.7 Å². The van der Waals surface area contributed by atoms with Gasteiger partial charge in [-0.1, -0.05) is 181 Å². The molecule has 3 fully saturated rings. The molecule has 3 aliphatic heterocycles. The molecule has 3 rings (SSSR count). The summed E-state index contributed by atoms with van der Waals surface area (Å²) >= 11 is 0. The summed E-state index contributed by atoms with van der Waals surface area (Å²) in [5.41, 5.74) is 5.99. The molecule has 14 N–H and O–H groups in total. The molecule has 0 bridgehead atoms. The number of ether oxygens (including phenoxy) is 7. The molecule has 0 aromatic carbocycles. The Hall–Kier alpha value is -2.53. The first kappa shape index (κ1) is 75.7. The Kier molecular flexibility index (Phi) is 38.9. The lowest BCUT2D eigenvalue weighted by molar-refractivity contribution is -0.386. The van der Waals surface area contributed by atoms with Gasteiger partial charge in [0, 0.05) is 19.3 Å². The third-order valence-corrected chi connectivity index (χ3v) is 16.3. The smallest absolute Gasteiger partial charge is 0.364 e. The van der Waals surface area contributed by atoms with Crippen molar-refractivity contribution in [1.29, 1.82) is 0 Å². The molecule has 0 aromatic rings. The summed E-state index contributed by atoms with van der Waals surface area (Å²) in [4.78, 5) is 39.7. The van der Waals surface area contributed by atoms with Crippen LogP contribution in [0.25, 0.3) is 0 Å². The first-order valence-corrected chi connectivity index (χ1v) is 32.1. The van der Waals surface area contributed by atoms with Crippen molar-refractivity contribution >= 4 is 17.8 Å². The Bertz CT molecular complexity index is 1770. The van der Waals surface area contributed by atoms with E-state index in [1.54, 1.807) is 6.08 Å². The van der Waals surface area contributed by atoms with E-state index in [0.717, 1.165) is 51.4 Å². The van der Waals surface area contributed by atoms with Gasteiger partial charge in [-0.25, -0.2) is 4.79 Å². The van der Waals surface area contributed by atoms with Crippen molar-refractivity contribution in [2.75, 3.05) is 26.4 Å². The molecule has 3 aliphatic rings. The molecule has 84 heavy (non-hydrogen) atoms. The molecule has 3 heterocycles. The van der Waals surface area contributed by atoms with Crippen LogP contribution in [0.5, 0.6) is 0 Å². The van der Waals surface area contributed by atoms with Gasteiger partial charge >= 0.3 is 11.9 Å². The second-order valence-corrected chi connectivity index (χ2v) is 23.5. The number of nitrogens with one attached hydrogen (secondary N) is 1. The fourth-order valence-electron chi connectivity index (χ4n) is 11.1. The zero-order valence-electron chi connectivity index (χ0n) is 50.8. The van der Waals surface area contributed by atoms with Gasteiger partial charge in [0.25, 0.3) is 5.79 Å². The van der Waals surface area contributed by atoms with Crippen LogP contribution >= 0.6 is 0 Å². The van der Waals surface area contributed by atoms with Gasteiger partial charge in [0.2, 0.25) is 5.91 Å². The average Bonchev–Trinajstić information content (AvgIpc) is 2.85. The second-order valence-electron chi connectivity index (χ2n) is 23.5. The zero-order chi connectivity index (χ0) is 61.9. The lowest BCUT2D eigenvalue weighted by Gasteiger charge is -2.50. The highest BCUT2D eigenvalue weighted by molar-refractivity contribution is 5.77. The van der Waals surface area contributed by atoms with Crippen molar-refractivity contribution in [3.05, 3.63) is 12.2 Å². The number of aliphatic hydroxyl groups excluding tert-OH is 10. The van der Waals surface area contributed by atoms with E-state index in [1.807, 2.05) is 13.0 Å². The number of esters is 1.